The molecule has 0 aliphatic carbocycles. The van der Waals surface area contributed by atoms with Crippen molar-refractivity contribution in [2.45, 2.75) is 0 Å². The van der Waals surface area contributed by atoms with Gasteiger partial charge in [0, 0.05) is 11.1 Å². The Morgan fingerprint density at radius 1 is 0.636 bits per heavy atom. The molecule has 4 aromatic rings. The van der Waals surface area contributed by atoms with Crippen molar-refractivity contribution in [3.8, 4) is 40.2 Å². The second kappa shape index (κ2) is 11.2. The minimum atomic E-state index is -4.94. The third-order valence-electron chi connectivity index (χ3n) is 4.35. The van der Waals surface area contributed by atoms with E-state index in [1.807, 2.05) is 97.1 Å². The van der Waals surface area contributed by atoms with Crippen LogP contribution in [0.15, 0.2) is 101 Å². The first kappa shape index (κ1) is 24.0. The molecule has 0 amide bonds. The van der Waals surface area contributed by atoms with Gasteiger partial charge in [0.05, 0.1) is 30.4 Å². The topological polar surface area (TPSA) is 113 Å². The van der Waals surface area contributed by atoms with E-state index in [0.29, 0.717) is 0 Å². The van der Waals surface area contributed by atoms with Gasteiger partial charge in [-0.1, -0.05) is 48.2 Å². The van der Waals surface area contributed by atoms with Crippen LogP contribution in [0.4, 0.5) is 0 Å². The van der Waals surface area contributed by atoms with Gasteiger partial charge in [-0.2, -0.15) is 0 Å². The Hall–Kier alpha value is -3.70. The average molecular weight is 463 g/mol. The van der Waals surface area contributed by atoms with Gasteiger partial charge in [-0.3, -0.25) is 0 Å². The number of halogens is 1. The fraction of sp³-hybridized carbons (Fsp3) is 0.0385. The number of rotatable bonds is 3. The molecule has 7 heteroatoms. The number of methoxy groups -OCH3 is 1. The molecule has 0 aliphatic heterocycles. The van der Waals surface area contributed by atoms with E-state index in [4.69, 9.17) is 27.8 Å². The quantitative estimate of drug-likeness (QED) is 0.337. The number of hydrogen-bond acceptors (Lipinski definition) is 5. The van der Waals surface area contributed by atoms with E-state index < -0.39 is 10.2 Å². The lowest BCUT2D eigenvalue weighted by Crippen LogP contribution is -2.68. The lowest BCUT2D eigenvalue weighted by Gasteiger charge is -2.17. The van der Waals surface area contributed by atoms with E-state index in [1.165, 1.54) is 0 Å². The first-order chi connectivity index (χ1) is 15.8. The van der Waals surface area contributed by atoms with Crippen molar-refractivity contribution in [1.82, 2.24) is 0 Å². The molecule has 0 unspecified atom stereocenters. The Bertz CT molecular complexity index is 1220. The molecule has 0 bridgehead atoms. The fourth-order valence-electron chi connectivity index (χ4n) is 2.88. The summed E-state index contributed by atoms with van der Waals surface area (Å²) in [5, 5.41) is 0. The van der Waals surface area contributed by atoms with Crippen LogP contribution in [-0.4, -0.2) is 7.11 Å². The average Bonchev–Trinajstić information content (AvgIpc) is 2.83. The van der Waals surface area contributed by atoms with Crippen LogP contribution in [0, 0.1) is 22.1 Å². The lowest BCUT2D eigenvalue weighted by atomic mass is 10.1. The van der Waals surface area contributed by atoms with Crippen LogP contribution in [0.5, 0.6) is 5.75 Å². The summed E-state index contributed by atoms with van der Waals surface area (Å²) in [4.78, 5) is 0. The van der Waals surface area contributed by atoms with Gasteiger partial charge in [0.25, 0.3) is 0 Å². The van der Waals surface area contributed by atoms with Crippen LogP contribution < -0.4 is 23.4 Å². The van der Waals surface area contributed by atoms with Gasteiger partial charge in [0.2, 0.25) is 0 Å². The Balaban J connectivity index is 0.000000555. The summed E-state index contributed by atoms with van der Waals surface area (Å²) in [6.45, 7) is 0. The van der Waals surface area contributed by atoms with Crippen LogP contribution in [0.3, 0.4) is 0 Å². The summed E-state index contributed by atoms with van der Waals surface area (Å²) < 4.78 is 45.4. The van der Waals surface area contributed by atoms with Crippen molar-refractivity contribution >= 4 is 0 Å². The second-order valence-electron chi connectivity index (χ2n) is 6.66. The maximum Gasteiger partial charge on any atom is 0.362 e. The molecular weight excluding hydrogens is 444 g/mol. The third kappa shape index (κ3) is 8.05. The summed E-state index contributed by atoms with van der Waals surface area (Å²) in [5.74, 6) is 8.85. The van der Waals surface area contributed by atoms with E-state index in [0.717, 1.165) is 39.5 Å². The summed E-state index contributed by atoms with van der Waals surface area (Å²) >= 11 is 0. The first-order valence-electron chi connectivity index (χ1n) is 9.69. The number of hydrogen-bond donors (Lipinski definition) is 0. The number of benzene rings is 3. The second-order valence-corrected chi connectivity index (χ2v) is 7.42. The Morgan fingerprint density at radius 2 is 1.09 bits per heavy atom. The summed E-state index contributed by atoms with van der Waals surface area (Å²) in [5.41, 5.74) is 3.87. The molecule has 0 saturated heterocycles. The maximum absolute atomic E-state index is 8.49. The van der Waals surface area contributed by atoms with Crippen molar-refractivity contribution in [2.24, 2.45) is 0 Å². The largest absolute Gasteiger partial charge is 0.497 e. The van der Waals surface area contributed by atoms with Crippen molar-refractivity contribution in [1.29, 1.82) is 0 Å². The molecule has 6 nitrogen and oxygen atoms in total. The normalized spacial score (nSPS) is 10.3. The first-order valence-corrected chi connectivity index (χ1v) is 10.9. The van der Waals surface area contributed by atoms with E-state index in [1.54, 1.807) is 7.11 Å². The highest BCUT2D eigenvalue weighted by molar-refractivity contribution is 5.66. The molecule has 0 radical (unpaired) electrons. The molecule has 0 saturated carbocycles. The van der Waals surface area contributed by atoms with Crippen molar-refractivity contribution in [2.75, 3.05) is 7.11 Å². The van der Waals surface area contributed by atoms with Gasteiger partial charge >= 0.3 is 11.5 Å². The van der Waals surface area contributed by atoms with Crippen LogP contribution in [0.25, 0.3) is 22.6 Å². The van der Waals surface area contributed by atoms with Crippen molar-refractivity contribution < 1.29 is 38.0 Å². The van der Waals surface area contributed by atoms with E-state index in [-0.39, 0.29) is 0 Å². The maximum atomic E-state index is 8.49. The molecule has 0 atom stereocenters. The molecule has 0 spiro atoms. The van der Waals surface area contributed by atoms with Crippen LogP contribution >= 0.6 is 0 Å². The molecule has 4 rings (SSSR count). The fourth-order valence-corrected chi connectivity index (χ4v) is 2.88. The highest BCUT2D eigenvalue weighted by Gasteiger charge is 2.19. The monoisotopic (exact) mass is 462 g/mol. The van der Waals surface area contributed by atoms with Gasteiger partial charge in [0.15, 0.2) is 0 Å². The minimum absolute atomic E-state index is 0.765. The van der Waals surface area contributed by atoms with Gasteiger partial charge < -0.3 is 4.74 Å². The van der Waals surface area contributed by atoms with Crippen molar-refractivity contribution in [3.05, 3.63) is 108 Å². The van der Waals surface area contributed by atoms with Crippen molar-refractivity contribution in [3.63, 3.8) is 0 Å². The molecule has 0 fully saturated rings. The van der Waals surface area contributed by atoms with Crippen LogP contribution in [0.1, 0.15) is 11.1 Å². The SMILES string of the molecule is COc1ccc(-c2cc(C#Cc3ccccc3)cc(-c3ccccc3)[o+]2)cc1.[O-][Cl+3]([O-])([O-])[O-]. The van der Waals surface area contributed by atoms with Gasteiger partial charge in [-0.05, 0) is 48.5 Å². The Labute approximate surface area is 193 Å². The predicted octanol–water partition coefficient (Wildman–Crippen LogP) is 1.55. The zero-order valence-electron chi connectivity index (χ0n) is 17.6. The standard InChI is InChI=1S/C26H19O2.ClHO4/c1-27-24-16-14-23(15-17-24)26-19-21(13-12-20-8-4-2-5-9-20)18-25(28-26)22-10-6-3-7-11-22;2-1(3,4)5/h2-11,14-19H,1H3;(H,2,3,4,5)/q+1;/p-1. The van der Waals surface area contributed by atoms with Crippen LogP contribution in [-0.2, 0) is 0 Å². The summed E-state index contributed by atoms with van der Waals surface area (Å²) in [7, 11) is -3.29. The molecule has 166 valence electrons. The zero-order chi connectivity index (χ0) is 23.7. The zero-order valence-corrected chi connectivity index (χ0v) is 18.3. The molecule has 1 aromatic heterocycles. The van der Waals surface area contributed by atoms with Gasteiger partial charge in [-0.15, -0.1) is 10.2 Å². The van der Waals surface area contributed by atoms with Gasteiger partial charge in [-0.25, -0.2) is 23.1 Å². The molecule has 1 heterocycles. The Morgan fingerprint density at radius 3 is 1.61 bits per heavy atom. The lowest BCUT2D eigenvalue weighted by molar-refractivity contribution is -2.00. The van der Waals surface area contributed by atoms with E-state index in [9.17, 15) is 0 Å². The highest BCUT2D eigenvalue weighted by Crippen LogP contribution is 2.29. The van der Waals surface area contributed by atoms with E-state index in [2.05, 4.69) is 11.8 Å². The molecule has 33 heavy (non-hydrogen) atoms. The van der Waals surface area contributed by atoms with Crippen LogP contribution in [0.2, 0.25) is 0 Å². The van der Waals surface area contributed by atoms with Gasteiger partial charge in [0.1, 0.15) is 5.75 Å². The minimum Gasteiger partial charge on any atom is -0.497 e. The third-order valence-corrected chi connectivity index (χ3v) is 4.35. The molecule has 3 aromatic carbocycles. The molecule has 0 N–H and O–H groups in total. The summed E-state index contributed by atoms with van der Waals surface area (Å²) in [6.07, 6.45) is 0. The smallest absolute Gasteiger partial charge is 0.362 e. The Kier molecular flexibility index (Phi) is 8.17. The molecular formula is C26H19ClO6. The number of ether oxygens (including phenoxy) is 1. The summed E-state index contributed by atoms with van der Waals surface area (Å²) in [6, 6.07) is 31.8. The highest BCUT2D eigenvalue weighted by atomic mass is 35.7. The molecule has 0 aliphatic rings. The predicted molar refractivity (Wildman–Crippen MR) is 113 cm³/mol. The van der Waals surface area contributed by atoms with E-state index >= 15 is 0 Å².